The van der Waals surface area contributed by atoms with Gasteiger partial charge in [-0.05, 0) is 56.1 Å². The summed E-state index contributed by atoms with van der Waals surface area (Å²) >= 11 is 0. The van der Waals surface area contributed by atoms with Gasteiger partial charge in [0.05, 0.1) is 17.5 Å². The molecule has 3 fully saturated rings. The van der Waals surface area contributed by atoms with Crippen molar-refractivity contribution in [1.82, 2.24) is 14.8 Å². The molecule has 0 saturated carbocycles. The maximum absolute atomic E-state index is 13.5. The van der Waals surface area contributed by atoms with Gasteiger partial charge in [0.2, 0.25) is 11.8 Å². The van der Waals surface area contributed by atoms with Crippen LogP contribution in [0.25, 0.3) is 17.2 Å². The second kappa shape index (κ2) is 8.00. The van der Waals surface area contributed by atoms with E-state index in [2.05, 4.69) is 16.0 Å². The monoisotopic (exact) mass is 419 g/mol. The molecule has 3 aliphatic rings. The van der Waals surface area contributed by atoms with E-state index < -0.39 is 0 Å². The molecule has 2 aromatic rings. The van der Waals surface area contributed by atoms with Crippen LogP contribution in [0.1, 0.15) is 31.9 Å². The van der Waals surface area contributed by atoms with Gasteiger partial charge in [0, 0.05) is 30.4 Å². The topological polar surface area (TPSA) is 53.5 Å². The van der Waals surface area contributed by atoms with E-state index in [-0.39, 0.29) is 41.6 Å². The molecule has 0 spiro atoms. The van der Waals surface area contributed by atoms with E-state index in [9.17, 15) is 14.0 Å². The van der Waals surface area contributed by atoms with Gasteiger partial charge in [0.15, 0.2) is 0 Å². The molecule has 1 aromatic carbocycles. The van der Waals surface area contributed by atoms with Crippen molar-refractivity contribution in [2.45, 2.75) is 38.3 Å². The van der Waals surface area contributed by atoms with Crippen LogP contribution in [0.15, 0.2) is 48.7 Å². The third-order valence-electron chi connectivity index (χ3n) is 6.97. The van der Waals surface area contributed by atoms with E-state index in [0.717, 1.165) is 42.6 Å². The smallest absolute Gasteiger partial charge is 0.235 e. The van der Waals surface area contributed by atoms with Crippen molar-refractivity contribution < 1.29 is 14.0 Å². The van der Waals surface area contributed by atoms with E-state index in [1.54, 1.807) is 12.3 Å². The van der Waals surface area contributed by atoms with Crippen LogP contribution < -0.4 is 0 Å². The van der Waals surface area contributed by atoms with E-state index in [1.807, 2.05) is 31.2 Å². The zero-order valence-corrected chi connectivity index (χ0v) is 17.6. The largest absolute Gasteiger partial charge is 0.292 e. The third kappa shape index (κ3) is 3.39. The number of pyridine rings is 1. The van der Waals surface area contributed by atoms with Gasteiger partial charge >= 0.3 is 0 Å². The number of carbonyl (C=O) groups excluding carboxylic acids is 2. The van der Waals surface area contributed by atoms with Crippen molar-refractivity contribution in [2.24, 2.45) is 11.8 Å². The number of imide groups is 1. The lowest BCUT2D eigenvalue weighted by molar-refractivity contribution is -0.141. The first-order valence-corrected chi connectivity index (χ1v) is 11.1. The molecule has 31 heavy (non-hydrogen) atoms. The lowest BCUT2D eigenvalue weighted by atomic mass is 9.87. The summed E-state index contributed by atoms with van der Waals surface area (Å²) in [6.45, 7) is 3.23. The number of benzene rings is 1. The summed E-state index contributed by atoms with van der Waals surface area (Å²) in [7, 11) is 0. The Morgan fingerprint density at radius 3 is 2.68 bits per heavy atom. The Hall–Kier alpha value is -2.86. The fourth-order valence-electron chi connectivity index (χ4n) is 5.56. The maximum atomic E-state index is 13.5. The van der Waals surface area contributed by atoms with E-state index in [4.69, 9.17) is 0 Å². The van der Waals surface area contributed by atoms with Crippen molar-refractivity contribution >= 4 is 17.9 Å². The van der Waals surface area contributed by atoms with Gasteiger partial charge in [-0.1, -0.05) is 30.7 Å². The summed E-state index contributed by atoms with van der Waals surface area (Å²) in [5.74, 6) is -0.812. The van der Waals surface area contributed by atoms with Crippen LogP contribution in [0, 0.1) is 17.7 Å². The number of fused-ring (bicyclic) bond motifs is 3. The Bertz CT molecular complexity index is 1040. The van der Waals surface area contributed by atoms with E-state index in [1.165, 1.54) is 17.0 Å². The van der Waals surface area contributed by atoms with Crippen LogP contribution in [0.2, 0.25) is 0 Å². The van der Waals surface area contributed by atoms with E-state index in [0.29, 0.717) is 6.54 Å². The Kier molecular flexibility index (Phi) is 5.18. The number of hydrogen-bond donors (Lipinski definition) is 0. The first-order chi connectivity index (χ1) is 15.1. The molecule has 0 radical (unpaired) electrons. The summed E-state index contributed by atoms with van der Waals surface area (Å²) in [6.07, 6.45) is 8.91. The number of nitrogens with zero attached hydrogens (tertiary/aromatic N) is 3. The van der Waals surface area contributed by atoms with Crippen LogP contribution in [-0.4, -0.2) is 51.8 Å². The van der Waals surface area contributed by atoms with Crippen molar-refractivity contribution in [3.8, 4) is 11.1 Å². The minimum absolute atomic E-state index is 0.00266. The molecule has 0 aliphatic carbocycles. The summed E-state index contributed by atoms with van der Waals surface area (Å²) in [5.41, 5.74) is 2.41. The standard InChI is InChI=1S/C25H26FN3O2/c1-2-28-24(30)22-20-8-3-4-13-29(20)21(23(22)25(28)31)12-11-19-10-9-17(15-27-19)16-6-5-7-18(26)14-16/h5-7,9-12,14-15,20-23H,2-4,8,13H2,1H3/b12-11+. The molecule has 6 heteroatoms. The van der Waals surface area contributed by atoms with Crippen LogP contribution in [0.4, 0.5) is 4.39 Å². The number of halogens is 1. The highest BCUT2D eigenvalue weighted by Gasteiger charge is 2.60. The minimum Gasteiger partial charge on any atom is -0.292 e. The first kappa shape index (κ1) is 20.1. The molecule has 3 saturated heterocycles. The minimum atomic E-state index is -0.293. The van der Waals surface area contributed by atoms with Gasteiger partial charge in [0.25, 0.3) is 0 Å². The molecule has 160 valence electrons. The van der Waals surface area contributed by atoms with Gasteiger partial charge in [-0.25, -0.2) is 4.39 Å². The number of piperidine rings is 1. The molecule has 4 unspecified atom stereocenters. The molecular weight excluding hydrogens is 393 g/mol. The Labute approximate surface area is 181 Å². The number of aromatic nitrogens is 1. The summed E-state index contributed by atoms with van der Waals surface area (Å²) < 4.78 is 13.5. The number of hydrogen-bond acceptors (Lipinski definition) is 4. The van der Waals surface area contributed by atoms with Crippen LogP contribution >= 0.6 is 0 Å². The van der Waals surface area contributed by atoms with Crippen molar-refractivity contribution in [2.75, 3.05) is 13.1 Å². The summed E-state index contributed by atoms with van der Waals surface area (Å²) in [4.78, 5) is 34.2. The molecule has 5 nitrogen and oxygen atoms in total. The second-order valence-corrected chi connectivity index (χ2v) is 8.61. The SMILES string of the molecule is CCN1C(=O)C2C(C1=O)C1CCCCN1C2/C=C/c1ccc(-c2cccc(F)c2)cn1. The molecule has 0 bridgehead atoms. The molecule has 5 rings (SSSR count). The number of rotatable bonds is 4. The number of amides is 2. The molecular formula is C25H26FN3O2. The number of likely N-dealkylation sites (tertiary alicyclic amines) is 1. The predicted octanol–water partition coefficient (Wildman–Crippen LogP) is 3.76. The molecule has 4 heterocycles. The molecule has 2 amide bonds. The molecule has 0 N–H and O–H groups in total. The van der Waals surface area contributed by atoms with Crippen molar-refractivity contribution in [1.29, 1.82) is 0 Å². The number of carbonyl (C=O) groups is 2. The van der Waals surface area contributed by atoms with Gasteiger partial charge < -0.3 is 0 Å². The fourth-order valence-corrected chi connectivity index (χ4v) is 5.56. The van der Waals surface area contributed by atoms with Crippen molar-refractivity contribution in [3.05, 3.63) is 60.2 Å². The summed E-state index contributed by atoms with van der Waals surface area (Å²) in [5, 5.41) is 0. The van der Waals surface area contributed by atoms with Crippen LogP contribution in [0.5, 0.6) is 0 Å². The first-order valence-electron chi connectivity index (χ1n) is 11.1. The molecule has 4 atom stereocenters. The van der Waals surface area contributed by atoms with Gasteiger partial charge in [-0.2, -0.15) is 0 Å². The van der Waals surface area contributed by atoms with Gasteiger partial charge in [-0.15, -0.1) is 0 Å². The average Bonchev–Trinajstić information content (AvgIpc) is 3.25. The van der Waals surface area contributed by atoms with Gasteiger partial charge in [0.1, 0.15) is 5.82 Å². The Morgan fingerprint density at radius 2 is 1.94 bits per heavy atom. The zero-order chi connectivity index (χ0) is 21.5. The highest BCUT2D eigenvalue weighted by Crippen LogP contribution is 2.46. The van der Waals surface area contributed by atoms with E-state index >= 15 is 0 Å². The normalized spacial score (nSPS) is 28.4. The Morgan fingerprint density at radius 1 is 1.10 bits per heavy atom. The average molecular weight is 420 g/mol. The van der Waals surface area contributed by atoms with Crippen molar-refractivity contribution in [3.63, 3.8) is 0 Å². The highest BCUT2D eigenvalue weighted by molar-refractivity contribution is 6.06. The fraction of sp³-hybridized carbons (Fsp3) is 0.400. The quantitative estimate of drug-likeness (QED) is 0.708. The lowest BCUT2D eigenvalue weighted by Gasteiger charge is -2.35. The Balaban J connectivity index is 1.40. The highest BCUT2D eigenvalue weighted by atomic mass is 19.1. The predicted molar refractivity (Wildman–Crippen MR) is 116 cm³/mol. The second-order valence-electron chi connectivity index (χ2n) is 8.61. The molecule has 1 aromatic heterocycles. The van der Waals surface area contributed by atoms with Crippen LogP contribution in [0.3, 0.4) is 0 Å². The van der Waals surface area contributed by atoms with Gasteiger partial charge in [-0.3, -0.25) is 24.4 Å². The molecule has 3 aliphatic heterocycles. The van der Waals surface area contributed by atoms with Crippen LogP contribution in [-0.2, 0) is 9.59 Å². The third-order valence-corrected chi connectivity index (χ3v) is 6.97. The lowest BCUT2D eigenvalue weighted by Crippen LogP contribution is -2.46. The maximum Gasteiger partial charge on any atom is 0.235 e. The zero-order valence-electron chi connectivity index (χ0n) is 17.6. The summed E-state index contributed by atoms with van der Waals surface area (Å²) in [6, 6.07) is 10.4.